The first kappa shape index (κ1) is 13.9. The van der Waals surface area contributed by atoms with Crippen LogP contribution < -0.4 is 9.47 Å². The molecule has 0 aliphatic carbocycles. The Hall–Kier alpha value is -2.49. The molecule has 0 saturated carbocycles. The summed E-state index contributed by atoms with van der Waals surface area (Å²) in [5.74, 6) is 0.884. The van der Waals surface area contributed by atoms with Crippen LogP contribution in [-0.4, -0.2) is 27.3 Å². The molecule has 104 valence electrons. The van der Waals surface area contributed by atoms with Crippen molar-refractivity contribution < 1.29 is 19.0 Å². The monoisotopic (exact) mass is 272 g/mol. The van der Waals surface area contributed by atoms with Crippen molar-refractivity contribution in [2.24, 2.45) is 0 Å². The van der Waals surface area contributed by atoms with E-state index in [1.165, 1.54) is 7.11 Å². The molecular formula is C16H16O4. The molecular weight excluding hydrogens is 256 g/mol. The molecule has 0 fully saturated rings. The Morgan fingerprint density at radius 2 is 1.45 bits per heavy atom. The van der Waals surface area contributed by atoms with Gasteiger partial charge in [-0.15, -0.1) is 0 Å². The summed E-state index contributed by atoms with van der Waals surface area (Å²) < 4.78 is 15.6. The molecule has 0 amide bonds. The Kier molecular flexibility index (Phi) is 4.25. The number of benzene rings is 2. The standard InChI is InChI=1S/C16H16O4/c1-18-13-9-6-10-14(19-2)15(13)11-7-4-5-8-12(11)16(17)20-3/h4-10H,1-3H3. The lowest BCUT2D eigenvalue weighted by Crippen LogP contribution is -2.04. The lowest BCUT2D eigenvalue weighted by molar-refractivity contribution is 0.0601. The van der Waals surface area contributed by atoms with Gasteiger partial charge in [-0.1, -0.05) is 24.3 Å². The molecule has 0 heterocycles. The van der Waals surface area contributed by atoms with Gasteiger partial charge in [0.25, 0.3) is 0 Å². The molecule has 0 radical (unpaired) electrons. The van der Waals surface area contributed by atoms with Gasteiger partial charge in [-0.3, -0.25) is 0 Å². The van der Waals surface area contributed by atoms with Crippen LogP contribution in [0.1, 0.15) is 10.4 Å². The summed E-state index contributed by atoms with van der Waals surface area (Å²) in [7, 11) is 4.52. The lowest BCUT2D eigenvalue weighted by Gasteiger charge is -2.15. The minimum atomic E-state index is -0.395. The molecule has 0 N–H and O–H groups in total. The summed E-state index contributed by atoms with van der Waals surface area (Å²) in [6.45, 7) is 0. The van der Waals surface area contributed by atoms with Gasteiger partial charge in [0.05, 0.1) is 32.5 Å². The van der Waals surface area contributed by atoms with Gasteiger partial charge in [0, 0.05) is 5.56 Å². The van der Waals surface area contributed by atoms with Gasteiger partial charge in [-0.05, 0) is 18.2 Å². The summed E-state index contributed by atoms with van der Waals surface area (Å²) in [4.78, 5) is 11.9. The fourth-order valence-corrected chi connectivity index (χ4v) is 2.11. The Bertz CT molecular complexity index is 597. The average Bonchev–Trinajstić information content (AvgIpc) is 2.53. The first-order chi connectivity index (χ1) is 9.72. The lowest BCUT2D eigenvalue weighted by atomic mass is 9.98. The van der Waals surface area contributed by atoms with Crippen LogP contribution in [0.4, 0.5) is 0 Å². The number of hydrogen-bond donors (Lipinski definition) is 0. The van der Waals surface area contributed by atoms with Gasteiger partial charge in [0.1, 0.15) is 11.5 Å². The zero-order chi connectivity index (χ0) is 14.5. The maximum absolute atomic E-state index is 11.9. The number of ether oxygens (including phenoxy) is 3. The van der Waals surface area contributed by atoms with Gasteiger partial charge >= 0.3 is 5.97 Å². The average molecular weight is 272 g/mol. The maximum atomic E-state index is 11.9. The number of carbonyl (C=O) groups is 1. The van der Waals surface area contributed by atoms with Gasteiger partial charge in [-0.2, -0.15) is 0 Å². The van der Waals surface area contributed by atoms with Crippen LogP contribution in [-0.2, 0) is 4.74 Å². The van der Waals surface area contributed by atoms with Crippen LogP contribution >= 0.6 is 0 Å². The van der Waals surface area contributed by atoms with E-state index in [0.717, 1.165) is 5.56 Å². The molecule has 0 saturated heterocycles. The second-order valence-electron chi connectivity index (χ2n) is 4.07. The Morgan fingerprint density at radius 1 is 0.850 bits per heavy atom. The van der Waals surface area contributed by atoms with Gasteiger partial charge in [0.2, 0.25) is 0 Å². The van der Waals surface area contributed by atoms with Gasteiger partial charge in [-0.25, -0.2) is 4.79 Å². The Morgan fingerprint density at radius 3 is 2.00 bits per heavy atom. The fourth-order valence-electron chi connectivity index (χ4n) is 2.11. The largest absolute Gasteiger partial charge is 0.496 e. The third kappa shape index (κ3) is 2.45. The van der Waals surface area contributed by atoms with Crippen molar-refractivity contribution in [2.45, 2.75) is 0 Å². The summed E-state index contributed by atoms with van der Waals surface area (Å²) in [5, 5.41) is 0. The molecule has 2 aromatic carbocycles. The normalized spacial score (nSPS) is 9.95. The van der Waals surface area contributed by atoms with E-state index >= 15 is 0 Å². The molecule has 0 aliphatic heterocycles. The van der Waals surface area contributed by atoms with E-state index in [1.807, 2.05) is 30.3 Å². The first-order valence-corrected chi connectivity index (χ1v) is 6.11. The van der Waals surface area contributed by atoms with Crippen LogP contribution in [0.5, 0.6) is 11.5 Å². The second kappa shape index (κ2) is 6.10. The quantitative estimate of drug-likeness (QED) is 0.802. The van der Waals surface area contributed by atoms with Gasteiger partial charge in [0.15, 0.2) is 0 Å². The molecule has 0 unspecified atom stereocenters. The smallest absolute Gasteiger partial charge is 0.338 e. The summed E-state index contributed by atoms with van der Waals surface area (Å²) in [6.07, 6.45) is 0. The van der Waals surface area contributed by atoms with E-state index in [2.05, 4.69) is 0 Å². The van der Waals surface area contributed by atoms with Crippen molar-refractivity contribution in [3.8, 4) is 22.6 Å². The second-order valence-corrected chi connectivity index (χ2v) is 4.07. The van der Waals surface area contributed by atoms with Crippen molar-refractivity contribution in [3.63, 3.8) is 0 Å². The van der Waals surface area contributed by atoms with Crippen molar-refractivity contribution in [3.05, 3.63) is 48.0 Å². The molecule has 0 aliphatic rings. The summed E-state index contributed by atoms with van der Waals surface area (Å²) >= 11 is 0. The SMILES string of the molecule is COC(=O)c1ccccc1-c1c(OC)cccc1OC. The van der Waals surface area contributed by atoms with Crippen LogP contribution in [0, 0.1) is 0 Å². The highest BCUT2D eigenvalue weighted by molar-refractivity contribution is 5.99. The first-order valence-electron chi connectivity index (χ1n) is 6.11. The van der Waals surface area contributed by atoms with E-state index in [-0.39, 0.29) is 0 Å². The van der Waals surface area contributed by atoms with E-state index in [9.17, 15) is 4.79 Å². The van der Waals surface area contributed by atoms with Crippen molar-refractivity contribution >= 4 is 5.97 Å². The molecule has 0 bridgehead atoms. The highest BCUT2D eigenvalue weighted by atomic mass is 16.5. The maximum Gasteiger partial charge on any atom is 0.338 e. The zero-order valence-corrected chi connectivity index (χ0v) is 11.7. The van der Waals surface area contributed by atoms with Crippen molar-refractivity contribution in [2.75, 3.05) is 21.3 Å². The van der Waals surface area contributed by atoms with E-state index in [0.29, 0.717) is 22.6 Å². The number of esters is 1. The molecule has 20 heavy (non-hydrogen) atoms. The topological polar surface area (TPSA) is 44.8 Å². The zero-order valence-electron chi connectivity index (χ0n) is 11.7. The van der Waals surface area contributed by atoms with Crippen LogP contribution in [0.25, 0.3) is 11.1 Å². The van der Waals surface area contributed by atoms with E-state index in [1.54, 1.807) is 26.4 Å². The Labute approximate surface area is 117 Å². The molecule has 0 aromatic heterocycles. The summed E-state index contributed by atoms with van der Waals surface area (Å²) in [5.41, 5.74) is 1.92. The van der Waals surface area contributed by atoms with Crippen LogP contribution in [0.2, 0.25) is 0 Å². The van der Waals surface area contributed by atoms with Crippen molar-refractivity contribution in [1.29, 1.82) is 0 Å². The molecule has 0 spiro atoms. The van der Waals surface area contributed by atoms with Crippen molar-refractivity contribution in [1.82, 2.24) is 0 Å². The predicted octanol–water partition coefficient (Wildman–Crippen LogP) is 3.16. The third-order valence-electron chi connectivity index (χ3n) is 3.03. The highest BCUT2D eigenvalue weighted by Gasteiger charge is 2.19. The molecule has 4 heteroatoms. The number of carbonyl (C=O) groups excluding carboxylic acids is 1. The van der Waals surface area contributed by atoms with E-state index in [4.69, 9.17) is 14.2 Å². The van der Waals surface area contributed by atoms with Crippen LogP contribution in [0.15, 0.2) is 42.5 Å². The van der Waals surface area contributed by atoms with E-state index < -0.39 is 5.97 Å². The molecule has 2 aromatic rings. The van der Waals surface area contributed by atoms with Gasteiger partial charge < -0.3 is 14.2 Å². The fraction of sp³-hybridized carbons (Fsp3) is 0.188. The molecule has 2 rings (SSSR count). The number of rotatable bonds is 4. The minimum absolute atomic E-state index is 0.395. The molecule has 0 atom stereocenters. The minimum Gasteiger partial charge on any atom is -0.496 e. The van der Waals surface area contributed by atoms with Crippen LogP contribution in [0.3, 0.4) is 0 Å². The predicted molar refractivity (Wildman–Crippen MR) is 76.3 cm³/mol. The molecule has 4 nitrogen and oxygen atoms in total. The summed E-state index contributed by atoms with van der Waals surface area (Å²) in [6, 6.07) is 12.7. The Balaban J connectivity index is 2.71. The highest BCUT2D eigenvalue weighted by Crippen LogP contribution is 2.39. The third-order valence-corrected chi connectivity index (χ3v) is 3.03. The number of hydrogen-bond acceptors (Lipinski definition) is 4. The number of methoxy groups -OCH3 is 3.